The van der Waals surface area contributed by atoms with Crippen molar-refractivity contribution in [1.82, 2.24) is 0 Å². The van der Waals surface area contributed by atoms with E-state index in [4.69, 9.17) is 8.83 Å². The van der Waals surface area contributed by atoms with Crippen molar-refractivity contribution in [3.63, 3.8) is 0 Å². The van der Waals surface area contributed by atoms with Crippen LogP contribution in [0.4, 0.5) is 0 Å². The molecule has 42 heavy (non-hydrogen) atoms. The van der Waals surface area contributed by atoms with E-state index in [1.807, 2.05) is 0 Å². The summed E-state index contributed by atoms with van der Waals surface area (Å²) in [6.07, 6.45) is 0. The van der Waals surface area contributed by atoms with Crippen LogP contribution in [0.15, 0.2) is 91.2 Å². The third kappa shape index (κ3) is 5.02. The van der Waals surface area contributed by atoms with Gasteiger partial charge in [-0.3, -0.25) is 9.59 Å². The van der Waals surface area contributed by atoms with Crippen molar-refractivity contribution in [2.45, 2.75) is 0 Å². The molecule has 2 heterocycles. The van der Waals surface area contributed by atoms with Gasteiger partial charge in [0.15, 0.2) is 22.7 Å². The molecule has 0 saturated heterocycles. The van der Waals surface area contributed by atoms with Crippen LogP contribution in [-0.4, -0.2) is 40.9 Å². The maximum Gasteiger partial charge on any atom is 0.238 e. The Bertz CT molecular complexity index is 2110. The van der Waals surface area contributed by atoms with Crippen LogP contribution >= 0.6 is 0 Å². The van der Waals surface area contributed by atoms with Crippen molar-refractivity contribution >= 4 is 21.9 Å². The number of phenolic OH excluding ortho intramolecular Hbond substituents is 7. The molecule has 2 aromatic heterocycles. The third-order valence-corrected chi connectivity index (χ3v) is 6.12. The molecule has 0 amide bonds. The molecule has 0 bridgehead atoms. The lowest BCUT2D eigenvalue weighted by Gasteiger charge is -2.08. The predicted octanol–water partition coefficient (Wildman–Crippen LogP) is 4.56. The number of rotatable bonds is 2. The molecule has 0 aliphatic rings. The standard InChI is InChI=1S/C15H10O7.C15H10O5/c16-7-4-10(19)12-11(5-7)22-15(14(21)13(12)20)6-1-2-8(17)9(18)3-6;16-9-3-1-8(2-4-9)13-7-12(19)15-11(18)5-10(17)6-14(15)20-13/h1-5,16-19,21H;1-7,16-18H. The first-order valence-corrected chi connectivity index (χ1v) is 12.0. The Balaban J connectivity index is 0.000000169. The molecule has 212 valence electrons. The summed E-state index contributed by atoms with van der Waals surface area (Å²) >= 11 is 0. The van der Waals surface area contributed by atoms with E-state index in [0.29, 0.717) is 5.56 Å². The van der Waals surface area contributed by atoms with Crippen LogP contribution in [0, 0.1) is 0 Å². The van der Waals surface area contributed by atoms with Crippen LogP contribution in [-0.2, 0) is 0 Å². The lowest BCUT2D eigenvalue weighted by atomic mass is 10.1. The second-order valence-electron chi connectivity index (χ2n) is 9.01. The van der Waals surface area contributed by atoms with E-state index in [9.17, 15) is 50.4 Å². The van der Waals surface area contributed by atoms with Crippen molar-refractivity contribution in [3.05, 3.63) is 93.2 Å². The first-order valence-electron chi connectivity index (χ1n) is 12.0. The van der Waals surface area contributed by atoms with Gasteiger partial charge in [0.05, 0.1) is 0 Å². The molecule has 0 saturated carbocycles. The molecule has 4 aromatic carbocycles. The van der Waals surface area contributed by atoms with Gasteiger partial charge in [0.25, 0.3) is 0 Å². The molecule has 8 N–H and O–H groups in total. The molecule has 6 aromatic rings. The molecule has 0 atom stereocenters. The van der Waals surface area contributed by atoms with Crippen molar-refractivity contribution in [2.75, 3.05) is 0 Å². The molecule has 0 radical (unpaired) electrons. The second kappa shape index (κ2) is 10.4. The smallest absolute Gasteiger partial charge is 0.238 e. The van der Waals surface area contributed by atoms with Gasteiger partial charge in [0.2, 0.25) is 11.2 Å². The van der Waals surface area contributed by atoms with E-state index in [-0.39, 0.29) is 67.8 Å². The van der Waals surface area contributed by atoms with Gasteiger partial charge in [-0.15, -0.1) is 0 Å². The van der Waals surface area contributed by atoms with Crippen molar-refractivity contribution in [2.24, 2.45) is 0 Å². The van der Waals surface area contributed by atoms with Gasteiger partial charge < -0.3 is 49.7 Å². The highest BCUT2D eigenvalue weighted by Gasteiger charge is 2.19. The first kappa shape index (κ1) is 27.3. The highest BCUT2D eigenvalue weighted by molar-refractivity contribution is 5.88. The number of hydrogen-bond donors (Lipinski definition) is 8. The van der Waals surface area contributed by atoms with Crippen LogP contribution in [0.25, 0.3) is 44.6 Å². The van der Waals surface area contributed by atoms with E-state index >= 15 is 0 Å². The van der Waals surface area contributed by atoms with Crippen LogP contribution in [0.1, 0.15) is 0 Å². The number of hydrogen-bond acceptors (Lipinski definition) is 12. The highest BCUT2D eigenvalue weighted by atomic mass is 16.4. The Morgan fingerprint density at radius 1 is 0.476 bits per heavy atom. The van der Waals surface area contributed by atoms with Crippen molar-refractivity contribution < 1.29 is 49.7 Å². The quantitative estimate of drug-likeness (QED) is 0.134. The van der Waals surface area contributed by atoms with Gasteiger partial charge in [0, 0.05) is 41.5 Å². The summed E-state index contributed by atoms with van der Waals surface area (Å²) in [5.74, 6) is -2.85. The summed E-state index contributed by atoms with van der Waals surface area (Å²) in [7, 11) is 0. The van der Waals surface area contributed by atoms with E-state index in [1.54, 1.807) is 12.1 Å². The van der Waals surface area contributed by atoms with Gasteiger partial charge in [-0.1, -0.05) is 0 Å². The summed E-state index contributed by atoms with van der Waals surface area (Å²) in [6, 6.07) is 15.4. The van der Waals surface area contributed by atoms with Crippen LogP contribution in [0.2, 0.25) is 0 Å². The summed E-state index contributed by atoms with van der Waals surface area (Å²) in [6.45, 7) is 0. The second-order valence-corrected chi connectivity index (χ2v) is 9.01. The molecule has 12 heteroatoms. The van der Waals surface area contributed by atoms with Gasteiger partial charge in [0.1, 0.15) is 56.4 Å². The summed E-state index contributed by atoms with van der Waals surface area (Å²) in [5.41, 5.74) is -0.603. The van der Waals surface area contributed by atoms with Crippen LogP contribution in [0.5, 0.6) is 46.0 Å². The summed E-state index contributed by atoms with van der Waals surface area (Å²) in [5, 5.41) is 76.0. The molecule has 0 fully saturated rings. The fourth-order valence-electron chi connectivity index (χ4n) is 4.16. The SMILES string of the molecule is O=c1c(O)c(-c2ccc(O)c(O)c2)oc2cc(O)cc(O)c12.O=c1cc(-c2ccc(O)cc2)oc2cc(O)cc(O)c12. The fourth-order valence-corrected chi connectivity index (χ4v) is 4.16. The first-order chi connectivity index (χ1) is 19.9. The molecule has 0 aliphatic carbocycles. The summed E-state index contributed by atoms with van der Waals surface area (Å²) in [4.78, 5) is 24.2. The Morgan fingerprint density at radius 2 is 1.05 bits per heavy atom. The third-order valence-electron chi connectivity index (χ3n) is 6.12. The minimum atomic E-state index is -0.888. The zero-order chi connectivity index (χ0) is 30.3. The Morgan fingerprint density at radius 3 is 1.67 bits per heavy atom. The largest absolute Gasteiger partial charge is 0.508 e. The maximum absolute atomic E-state index is 12.1. The minimum absolute atomic E-state index is 0.0188. The molecule has 0 spiro atoms. The van der Waals surface area contributed by atoms with Crippen molar-refractivity contribution in [3.8, 4) is 68.6 Å². The molecule has 12 nitrogen and oxygen atoms in total. The Kier molecular flexibility index (Phi) is 6.72. The van der Waals surface area contributed by atoms with Gasteiger partial charge in [-0.25, -0.2) is 0 Å². The molecular weight excluding hydrogens is 552 g/mol. The number of phenols is 7. The number of fused-ring (bicyclic) bond motifs is 2. The van der Waals surface area contributed by atoms with E-state index in [2.05, 4.69) is 0 Å². The normalized spacial score (nSPS) is 10.9. The topological polar surface area (TPSA) is 222 Å². The molecule has 0 unspecified atom stereocenters. The number of benzene rings is 4. The summed E-state index contributed by atoms with van der Waals surface area (Å²) < 4.78 is 10.9. The average Bonchev–Trinajstić information content (AvgIpc) is 2.92. The van der Waals surface area contributed by atoms with Crippen LogP contribution < -0.4 is 10.9 Å². The monoisotopic (exact) mass is 572 g/mol. The molecule has 0 aliphatic heterocycles. The average molecular weight is 572 g/mol. The lowest BCUT2D eigenvalue weighted by Crippen LogP contribution is -2.02. The van der Waals surface area contributed by atoms with Crippen LogP contribution in [0.3, 0.4) is 0 Å². The minimum Gasteiger partial charge on any atom is -0.508 e. The van der Waals surface area contributed by atoms with Gasteiger partial charge >= 0.3 is 0 Å². The Hall–Kier alpha value is -6.30. The zero-order valence-corrected chi connectivity index (χ0v) is 21.1. The lowest BCUT2D eigenvalue weighted by molar-refractivity contribution is 0.403. The molecule has 6 rings (SSSR count). The number of aromatic hydroxyl groups is 8. The van der Waals surface area contributed by atoms with Gasteiger partial charge in [-0.2, -0.15) is 0 Å². The van der Waals surface area contributed by atoms with Crippen molar-refractivity contribution in [1.29, 1.82) is 0 Å². The molecular formula is C30H20O12. The highest BCUT2D eigenvalue weighted by Crippen LogP contribution is 2.37. The zero-order valence-electron chi connectivity index (χ0n) is 21.1. The maximum atomic E-state index is 12.1. The fraction of sp³-hybridized carbons (Fsp3) is 0. The Labute approximate surface area is 233 Å². The predicted molar refractivity (Wildman–Crippen MR) is 149 cm³/mol. The van der Waals surface area contributed by atoms with E-state index < -0.39 is 28.1 Å². The van der Waals surface area contributed by atoms with E-state index in [1.165, 1.54) is 30.3 Å². The van der Waals surface area contributed by atoms with E-state index in [0.717, 1.165) is 30.3 Å². The van der Waals surface area contributed by atoms with Gasteiger partial charge in [-0.05, 0) is 42.5 Å².